The predicted octanol–water partition coefficient (Wildman–Crippen LogP) is 2.86. The SMILES string of the molecule is CC(NC(=O)C(CN)C(C)C)c1ccc(Br)cc1. The zero-order valence-corrected chi connectivity index (χ0v) is 12.7. The molecular weight excluding hydrogens is 292 g/mol. The second kappa shape index (κ2) is 6.90. The number of nitrogens with two attached hydrogens (primary N) is 1. The third kappa shape index (κ3) is 4.10. The maximum atomic E-state index is 12.1. The Morgan fingerprint density at radius 3 is 2.28 bits per heavy atom. The van der Waals surface area contributed by atoms with Crippen molar-refractivity contribution in [1.29, 1.82) is 0 Å². The molecule has 1 rings (SSSR count). The Kier molecular flexibility index (Phi) is 5.82. The van der Waals surface area contributed by atoms with Gasteiger partial charge >= 0.3 is 0 Å². The average molecular weight is 313 g/mol. The van der Waals surface area contributed by atoms with E-state index in [0.717, 1.165) is 10.0 Å². The van der Waals surface area contributed by atoms with Gasteiger partial charge in [0.25, 0.3) is 0 Å². The Morgan fingerprint density at radius 2 is 1.83 bits per heavy atom. The smallest absolute Gasteiger partial charge is 0.225 e. The molecule has 2 unspecified atom stereocenters. The van der Waals surface area contributed by atoms with Crippen molar-refractivity contribution < 1.29 is 4.79 Å². The highest BCUT2D eigenvalue weighted by Crippen LogP contribution is 2.18. The summed E-state index contributed by atoms with van der Waals surface area (Å²) in [5, 5.41) is 3.01. The van der Waals surface area contributed by atoms with Crippen LogP contribution < -0.4 is 11.1 Å². The second-order valence-electron chi connectivity index (χ2n) is 4.87. The van der Waals surface area contributed by atoms with Crippen LogP contribution in [0.1, 0.15) is 32.4 Å². The Labute approximate surface area is 117 Å². The van der Waals surface area contributed by atoms with Gasteiger partial charge in [0, 0.05) is 11.0 Å². The Morgan fingerprint density at radius 1 is 1.28 bits per heavy atom. The number of hydrogen-bond acceptors (Lipinski definition) is 2. The highest BCUT2D eigenvalue weighted by molar-refractivity contribution is 9.10. The molecule has 4 heteroatoms. The minimum Gasteiger partial charge on any atom is -0.349 e. The van der Waals surface area contributed by atoms with E-state index in [-0.39, 0.29) is 23.8 Å². The summed E-state index contributed by atoms with van der Waals surface area (Å²) in [7, 11) is 0. The molecule has 18 heavy (non-hydrogen) atoms. The van der Waals surface area contributed by atoms with Gasteiger partial charge in [-0.3, -0.25) is 4.79 Å². The Balaban J connectivity index is 2.66. The van der Waals surface area contributed by atoms with Crippen LogP contribution in [-0.2, 0) is 4.79 Å². The number of carbonyl (C=O) groups is 1. The Bertz CT molecular complexity index is 389. The van der Waals surface area contributed by atoms with Crippen molar-refractivity contribution in [3.05, 3.63) is 34.3 Å². The number of nitrogens with one attached hydrogen (secondary N) is 1. The summed E-state index contributed by atoms with van der Waals surface area (Å²) >= 11 is 3.40. The fraction of sp³-hybridized carbons (Fsp3) is 0.500. The summed E-state index contributed by atoms with van der Waals surface area (Å²) < 4.78 is 1.03. The predicted molar refractivity (Wildman–Crippen MR) is 78.1 cm³/mol. The molecule has 100 valence electrons. The fourth-order valence-electron chi connectivity index (χ4n) is 1.84. The lowest BCUT2D eigenvalue weighted by molar-refractivity contribution is -0.126. The molecule has 0 spiro atoms. The molecule has 1 amide bonds. The first-order chi connectivity index (χ1) is 8.45. The van der Waals surface area contributed by atoms with Crippen molar-refractivity contribution in [2.45, 2.75) is 26.8 Å². The van der Waals surface area contributed by atoms with Crippen molar-refractivity contribution in [2.24, 2.45) is 17.6 Å². The number of rotatable bonds is 5. The lowest BCUT2D eigenvalue weighted by Gasteiger charge is -2.22. The van der Waals surface area contributed by atoms with Crippen LogP contribution in [0, 0.1) is 11.8 Å². The van der Waals surface area contributed by atoms with E-state index in [1.807, 2.05) is 45.0 Å². The zero-order chi connectivity index (χ0) is 13.7. The van der Waals surface area contributed by atoms with Gasteiger partial charge in [-0.15, -0.1) is 0 Å². The second-order valence-corrected chi connectivity index (χ2v) is 5.78. The van der Waals surface area contributed by atoms with E-state index in [2.05, 4.69) is 21.2 Å². The first kappa shape index (κ1) is 15.2. The van der Waals surface area contributed by atoms with Crippen LogP contribution in [0.5, 0.6) is 0 Å². The van der Waals surface area contributed by atoms with Crippen molar-refractivity contribution in [3.63, 3.8) is 0 Å². The number of carbonyl (C=O) groups excluding carboxylic acids is 1. The molecule has 0 bridgehead atoms. The molecule has 3 nitrogen and oxygen atoms in total. The lowest BCUT2D eigenvalue weighted by atomic mass is 9.94. The summed E-state index contributed by atoms with van der Waals surface area (Å²) in [6, 6.07) is 7.95. The van der Waals surface area contributed by atoms with Crippen LogP contribution in [0.4, 0.5) is 0 Å². The van der Waals surface area contributed by atoms with Crippen LogP contribution in [0.25, 0.3) is 0 Å². The van der Waals surface area contributed by atoms with Gasteiger partial charge in [-0.25, -0.2) is 0 Å². The molecule has 0 fully saturated rings. The Hall–Kier alpha value is -0.870. The summed E-state index contributed by atoms with van der Waals surface area (Å²) in [5.41, 5.74) is 6.73. The molecule has 1 aromatic carbocycles. The normalized spacial score (nSPS) is 14.3. The van der Waals surface area contributed by atoms with Gasteiger partial charge in [0.05, 0.1) is 12.0 Å². The molecule has 0 aliphatic carbocycles. The average Bonchev–Trinajstić information content (AvgIpc) is 2.29. The maximum Gasteiger partial charge on any atom is 0.225 e. The molecule has 0 saturated carbocycles. The molecule has 0 aliphatic heterocycles. The van der Waals surface area contributed by atoms with Gasteiger partial charge in [-0.05, 0) is 30.5 Å². The van der Waals surface area contributed by atoms with Crippen LogP contribution in [0.3, 0.4) is 0 Å². The van der Waals surface area contributed by atoms with Crippen molar-refractivity contribution in [1.82, 2.24) is 5.32 Å². The van der Waals surface area contributed by atoms with Crippen LogP contribution >= 0.6 is 15.9 Å². The van der Waals surface area contributed by atoms with Gasteiger partial charge in [-0.1, -0.05) is 41.9 Å². The van der Waals surface area contributed by atoms with Crippen LogP contribution in [0.2, 0.25) is 0 Å². The standard InChI is InChI=1S/C14H21BrN2O/c1-9(2)13(8-16)14(18)17-10(3)11-4-6-12(15)7-5-11/h4-7,9-10,13H,8,16H2,1-3H3,(H,17,18). The van der Waals surface area contributed by atoms with Crippen molar-refractivity contribution >= 4 is 21.8 Å². The highest BCUT2D eigenvalue weighted by Gasteiger charge is 2.22. The number of benzene rings is 1. The van der Waals surface area contributed by atoms with E-state index in [9.17, 15) is 4.79 Å². The van der Waals surface area contributed by atoms with Gasteiger partial charge in [0.2, 0.25) is 5.91 Å². The monoisotopic (exact) mass is 312 g/mol. The molecule has 0 aromatic heterocycles. The van der Waals surface area contributed by atoms with E-state index in [1.54, 1.807) is 0 Å². The molecule has 0 saturated heterocycles. The summed E-state index contributed by atoms with van der Waals surface area (Å²) in [6.45, 7) is 6.40. The van der Waals surface area contributed by atoms with E-state index < -0.39 is 0 Å². The lowest BCUT2D eigenvalue weighted by Crippen LogP contribution is -2.39. The van der Waals surface area contributed by atoms with Crippen molar-refractivity contribution in [2.75, 3.05) is 6.54 Å². The molecule has 1 aromatic rings. The summed E-state index contributed by atoms with van der Waals surface area (Å²) in [6.07, 6.45) is 0. The van der Waals surface area contributed by atoms with E-state index in [0.29, 0.717) is 6.54 Å². The molecule has 0 aliphatic rings. The molecule has 0 radical (unpaired) electrons. The molecule has 0 heterocycles. The minimum absolute atomic E-state index is 0.00148. The zero-order valence-electron chi connectivity index (χ0n) is 11.1. The van der Waals surface area contributed by atoms with E-state index in [4.69, 9.17) is 5.73 Å². The van der Waals surface area contributed by atoms with Gasteiger partial charge < -0.3 is 11.1 Å². The number of hydrogen-bond donors (Lipinski definition) is 2. The summed E-state index contributed by atoms with van der Waals surface area (Å²) in [4.78, 5) is 12.1. The third-order valence-electron chi connectivity index (χ3n) is 3.12. The largest absolute Gasteiger partial charge is 0.349 e. The van der Waals surface area contributed by atoms with Gasteiger partial charge in [-0.2, -0.15) is 0 Å². The van der Waals surface area contributed by atoms with Gasteiger partial charge in [0.1, 0.15) is 0 Å². The van der Waals surface area contributed by atoms with Crippen molar-refractivity contribution in [3.8, 4) is 0 Å². The highest BCUT2D eigenvalue weighted by atomic mass is 79.9. The van der Waals surface area contributed by atoms with Crippen LogP contribution in [0.15, 0.2) is 28.7 Å². The first-order valence-corrected chi connectivity index (χ1v) is 7.01. The van der Waals surface area contributed by atoms with E-state index >= 15 is 0 Å². The molecular formula is C14H21BrN2O. The molecule has 3 N–H and O–H groups in total. The van der Waals surface area contributed by atoms with Gasteiger partial charge in [0.15, 0.2) is 0 Å². The topological polar surface area (TPSA) is 55.1 Å². The first-order valence-electron chi connectivity index (χ1n) is 6.21. The number of amides is 1. The maximum absolute atomic E-state index is 12.1. The fourth-order valence-corrected chi connectivity index (χ4v) is 2.10. The van der Waals surface area contributed by atoms with E-state index in [1.165, 1.54) is 0 Å². The van der Waals surface area contributed by atoms with Crippen LogP contribution in [-0.4, -0.2) is 12.5 Å². The quantitative estimate of drug-likeness (QED) is 0.878. The third-order valence-corrected chi connectivity index (χ3v) is 3.65. The minimum atomic E-state index is -0.122. The number of halogens is 1. The summed E-state index contributed by atoms with van der Waals surface area (Å²) in [5.74, 6) is 0.165. The molecule has 2 atom stereocenters.